The summed E-state index contributed by atoms with van der Waals surface area (Å²) >= 11 is 3.63. The lowest BCUT2D eigenvalue weighted by atomic mass is 10.1. The van der Waals surface area contributed by atoms with Crippen LogP contribution < -0.4 is 4.74 Å². The molecule has 0 amide bonds. The second-order valence-electron chi connectivity index (χ2n) is 6.20. The molecule has 27 heavy (non-hydrogen) atoms. The number of para-hydroxylation sites is 1. The van der Waals surface area contributed by atoms with Crippen LogP contribution >= 0.6 is 15.9 Å². The van der Waals surface area contributed by atoms with Crippen LogP contribution in [-0.2, 0) is 6.54 Å². The maximum Gasteiger partial charge on any atom is 0.335 e. The Kier molecular flexibility index (Phi) is 4.69. The number of benzene rings is 3. The van der Waals surface area contributed by atoms with E-state index in [0.717, 1.165) is 32.4 Å². The molecule has 0 saturated carbocycles. The topological polar surface area (TPSA) is 51.5 Å². The summed E-state index contributed by atoms with van der Waals surface area (Å²) in [5.41, 5.74) is 2.36. The number of rotatable bonds is 5. The van der Waals surface area contributed by atoms with E-state index in [1.807, 2.05) is 60.8 Å². The molecular formula is C22H16BrNO3. The van der Waals surface area contributed by atoms with E-state index in [1.165, 1.54) is 0 Å². The molecule has 0 aliphatic carbocycles. The molecule has 134 valence electrons. The summed E-state index contributed by atoms with van der Waals surface area (Å²) in [6, 6.07) is 22.6. The average Bonchev–Trinajstić information content (AvgIpc) is 3.06. The lowest BCUT2D eigenvalue weighted by molar-refractivity contribution is 0.0697. The molecule has 0 spiro atoms. The monoisotopic (exact) mass is 421 g/mol. The van der Waals surface area contributed by atoms with Gasteiger partial charge in [0.25, 0.3) is 0 Å². The summed E-state index contributed by atoms with van der Waals surface area (Å²) in [5.74, 6) is 0.618. The van der Waals surface area contributed by atoms with Crippen molar-refractivity contribution in [2.75, 3.05) is 0 Å². The Morgan fingerprint density at radius 2 is 1.70 bits per heavy atom. The number of aromatic carboxylic acids is 1. The minimum absolute atomic E-state index is 0.289. The number of ether oxygens (including phenoxy) is 1. The standard InChI is InChI=1S/C22H16BrNO3/c23-20-12-18(27-17-4-2-1-3-5-17)13-21-19(20)10-11-24(21)14-15-6-8-16(9-7-15)22(25)26/h1-13H,14H2,(H,25,26). The van der Waals surface area contributed by atoms with E-state index >= 15 is 0 Å². The van der Waals surface area contributed by atoms with Gasteiger partial charge in [0.2, 0.25) is 0 Å². The van der Waals surface area contributed by atoms with Gasteiger partial charge in [0, 0.05) is 28.7 Å². The highest BCUT2D eigenvalue weighted by Crippen LogP contribution is 2.33. The third-order valence-corrected chi connectivity index (χ3v) is 5.00. The molecule has 1 N–H and O–H groups in total. The molecular weight excluding hydrogens is 406 g/mol. The normalized spacial score (nSPS) is 10.9. The van der Waals surface area contributed by atoms with Crippen molar-refractivity contribution in [2.45, 2.75) is 6.54 Å². The smallest absolute Gasteiger partial charge is 0.335 e. The summed E-state index contributed by atoms with van der Waals surface area (Å²) < 4.78 is 9.06. The van der Waals surface area contributed by atoms with Gasteiger partial charge in [-0.05, 0) is 57.9 Å². The van der Waals surface area contributed by atoms with Gasteiger partial charge in [-0.2, -0.15) is 0 Å². The number of nitrogens with zero attached hydrogens (tertiary/aromatic N) is 1. The Morgan fingerprint density at radius 3 is 2.41 bits per heavy atom. The van der Waals surface area contributed by atoms with E-state index < -0.39 is 5.97 Å². The number of aromatic nitrogens is 1. The molecule has 0 aliphatic rings. The van der Waals surface area contributed by atoms with Crippen molar-refractivity contribution < 1.29 is 14.6 Å². The van der Waals surface area contributed by atoms with Crippen molar-refractivity contribution >= 4 is 32.8 Å². The second-order valence-corrected chi connectivity index (χ2v) is 7.05. The van der Waals surface area contributed by atoms with Crippen molar-refractivity contribution in [1.29, 1.82) is 0 Å². The van der Waals surface area contributed by atoms with E-state index in [1.54, 1.807) is 12.1 Å². The lowest BCUT2D eigenvalue weighted by Crippen LogP contribution is -2.00. The van der Waals surface area contributed by atoms with E-state index in [4.69, 9.17) is 9.84 Å². The Bertz CT molecular complexity index is 1100. The summed E-state index contributed by atoms with van der Waals surface area (Å²) in [5, 5.41) is 10.1. The van der Waals surface area contributed by atoms with Crippen LogP contribution in [0, 0.1) is 0 Å². The first-order valence-electron chi connectivity index (χ1n) is 8.44. The number of hydrogen-bond acceptors (Lipinski definition) is 2. The van der Waals surface area contributed by atoms with Crippen LogP contribution in [0.1, 0.15) is 15.9 Å². The van der Waals surface area contributed by atoms with Crippen LogP contribution in [0.25, 0.3) is 10.9 Å². The fourth-order valence-electron chi connectivity index (χ4n) is 3.00. The van der Waals surface area contributed by atoms with Crippen molar-refractivity contribution in [3.63, 3.8) is 0 Å². The summed E-state index contributed by atoms with van der Waals surface area (Å²) in [7, 11) is 0. The zero-order chi connectivity index (χ0) is 18.8. The lowest BCUT2D eigenvalue weighted by Gasteiger charge is -2.10. The third kappa shape index (κ3) is 3.73. The van der Waals surface area contributed by atoms with Gasteiger partial charge >= 0.3 is 5.97 Å². The molecule has 0 atom stereocenters. The predicted molar refractivity (Wildman–Crippen MR) is 109 cm³/mol. The van der Waals surface area contributed by atoms with Gasteiger partial charge in [0.15, 0.2) is 0 Å². The number of carboxylic acid groups (broad SMARTS) is 1. The predicted octanol–water partition coefficient (Wildman–Crippen LogP) is 5.94. The fourth-order valence-corrected chi connectivity index (χ4v) is 3.56. The third-order valence-electron chi connectivity index (χ3n) is 4.34. The zero-order valence-corrected chi connectivity index (χ0v) is 15.9. The molecule has 0 saturated heterocycles. The van der Waals surface area contributed by atoms with Gasteiger partial charge < -0.3 is 14.4 Å². The van der Waals surface area contributed by atoms with Crippen LogP contribution in [0.15, 0.2) is 83.5 Å². The molecule has 4 aromatic rings. The minimum atomic E-state index is -0.917. The quantitative estimate of drug-likeness (QED) is 0.433. The largest absolute Gasteiger partial charge is 0.478 e. The highest BCUT2D eigenvalue weighted by molar-refractivity contribution is 9.10. The highest BCUT2D eigenvalue weighted by atomic mass is 79.9. The maximum atomic E-state index is 11.0. The van der Waals surface area contributed by atoms with Gasteiger partial charge in [-0.25, -0.2) is 4.79 Å². The Labute approximate surface area is 164 Å². The van der Waals surface area contributed by atoms with E-state index in [9.17, 15) is 4.79 Å². The summed E-state index contributed by atoms with van der Waals surface area (Å²) in [6.07, 6.45) is 2.02. The zero-order valence-electron chi connectivity index (χ0n) is 14.3. The van der Waals surface area contributed by atoms with Crippen molar-refractivity contribution in [3.05, 3.63) is 94.6 Å². The number of carbonyl (C=O) groups is 1. The first-order chi connectivity index (χ1) is 13.1. The minimum Gasteiger partial charge on any atom is -0.478 e. The van der Waals surface area contributed by atoms with Gasteiger partial charge in [-0.1, -0.05) is 30.3 Å². The van der Waals surface area contributed by atoms with Gasteiger partial charge in [0.05, 0.1) is 11.1 Å². The molecule has 4 rings (SSSR count). The Balaban J connectivity index is 1.66. The molecule has 3 aromatic carbocycles. The summed E-state index contributed by atoms with van der Waals surface area (Å²) in [4.78, 5) is 11.0. The first kappa shape index (κ1) is 17.4. The molecule has 0 aliphatic heterocycles. The van der Waals surface area contributed by atoms with Crippen molar-refractivity contribution in [1.82, 2.24) is 4.57 Å². The number of halogens is 1. The SMILES string of the molecule is O=C(O)c1ccc(Cn2ccc3c(Br)cc(Oc4ccccc4)cc32)cc1. The number of fused-ring (bicyclic) bond motifs is 1. The molecule has 0 bridgehead atoms. The van der Waals surface area contributed by atoms with E-state index in [2.05, 4.69) is 26.6 Å². The maximum absolute atomic E-state index is 11.0. The van der Waals surface area contributed by atoms with Crippen LogP contribution in [-0.4, -0.2) is 15.6 Å². The summed E-state index contributed by atoms with van der Waals surface area (Å²) in [6.45, 7) is 0.643. The molecule has 1 heterocycles. The fraction of sp³-hybridized carbons (Fsp3) is 0.0455. The molecule has 0 fully saturated rings. The average molecular weight is 422 g/mol. The van der Waals surface area contributed by atoms with Crippen molar-refractivity contribution in [2.24, 2.45) is 0 Å². The van der Waals surface area contributed by atoms with E-state index in [0.29, 0.717) is 6.54 Å². The molecule has 4 nitrogen and oxygen atoms in total. The number of carboxylic acids is 1. The van der Waals surface area contributed by atoms with E-state index in [-0.39, 0.29) is 5.56 Å². The van der Waals surface area contributed by atoms with Gasteiger partial charge in [-0.3, -0.25) is 0 Å². The first-order valence-corrected chi connectivity index (χ1v) is 9.23. The van der Waals surface area contributed by atoms with Crippen LogP contribution in [0.4, 0.5) is 0 Å². The van der Waals surface area contributed by atoms with Crippen LogP contribution in [0.5, 0.6) is 11.5 Å². The van der Waals surface area contributed by atoms with Crippen LogP contribution in [0.3, 0.4) is 0 Å². The molecule has 5 heteroatoms. The molecule has 0 unspecified atom stereocenters. The molecule has 1 aromatic heterocycles. The van der Waals surface area contributed by atoms with Crippen LogP contribution in [0.2, 0.25) is 0 Å². The van der Waals surface area contributed by atoms with Gasteiger partial charge in [0.1, 0.15) is 11.5 Å². The highest BCUT2D eigenvalue weighted by Gasteiger charge is 2.09. The Hall–Kier alpha value is -3.05. The van der Waals surface area contributed by atoms with Gasteiger partial charge in [-0.15, -0.1) is 0 Å². The van der Waals surface area contributed by atoms with Crippen molar-refractivity contribution in [3.8, 4) is 11.5 Å². The number of hydrogen-bond donors (Lipinski definition) is 1. The Morgan fingerprint density at radius 1 is 0.963 bits per heavy atom. The molecule has 0 radical (unpaired) electrons. The second kappa shape index (κ2) is 7.29.